The van der Waals surface area contributed by atoms with E-state index in [0.717, 1.165) is 27.2 Å². The van der Waals surface area contributed by atoms with E-state index < -0.39 is 0 Å². The second-order valence-electron chi connectivity index (χ2n) is 4.50. The third-order valence-corrected chi connectivity index (χ3v) is 3.60. The van der Waals surface area contributed by atoms with E-state index in [2.05, 4.69) is 53.5 Å². The first-order valence-electron chi connectivity index (χ1n) is 5.92. The number of fused-ring (bicyclic) bond motifs is 1. The molecule has 0 amide bonds. The van der Waals surface area contributed by atoms with E-state index in [1.165, 1.54) is 0 Å². The molecule has 5 heteroatoms. The standard InChI is InChI=1S/C14H13BrN4/c1-18(2)11-5-6-12-13(15)17-14(19(12)9-11)10-4-3-7-16-8-10/h3-9H,1-2H3. The van der Waals surface area contributed by atoms with Gasteiger partial charge in [0.2, 0.25) is 0 Å². The van der Waals surface area contributed by atoms with Crippen molar-refractivity contribution < 1.29 is 0 Å². The third kappa shape index (κ3) is 2.10. The van der Waals surface area contributed by atoms with Gasteiger partial charge >= 0.3 is 0 Å². The first-order chi connectivity index (χ1) is 9.16. The van der Waals surface area contributed by atoms with Gasteiger partial charge in [0.1, 0.15) is 10.4 Å². The highest BCUT2D eigenvalue weighted by Gasteiger charge is 2.11. The molecule has 0 bridgehead atoms. The van der Waals surface area contributed by atoms with E-state index in [0.29, 0.717) is 0 Å². The van der Waals surface area contributed by atoms with Crippen LogP contribution in [0.25, 0.3) is 16.9 Å². The van der Waals surface area contributed by atoms with Gasteiger partial charge in [0, 0.05) is 38.2 Å². The molecule has 3 aromatic rings. The first-order valence-corrected chi connectivity index (χ1v) is 6.71. The topological polar surface area (TPSA) is 33.4 Å². The molecule has 0 saturated carbocycles. The van der Waals surface area contributed by atoms with Gasteiger partial charge in [0.25, 0.3) is 0 Å². The second-order valence-corrected chi connectivity index (χ2v) is 5.26. The molecule has 3 rings (SSSR count). The Kier molecular flexibility index (Phi) is 2.98. The zero-order valence-corrected chi connectivity index (χ0v) is 12.3. The summed E-state index contributed by atoms with van der Waals surface area (Å²) in [6.45, 7) is 0. The number of imidazole rings is 1. The van der Waals surface area contributed by atoms with Crippen LogP contribution in [0.5, 0.6) is 0 Å². The van der Waals surface area contributed by atoms with Gasteiger partial charge in [0.15, 0.2) is 0 Å². The average Bonchev–Trinajstić information content (AvgIpc) is 2.77. The lowest BCUT2D eigenvalue weighted by Crippen LogP contribution is -2.09. The van der Waals surface area contributed by atoms with Gasteiger partial charge in [-0.1, -0.05) is 0 Å². The molecular formula is C14H13BrN4. The highest BCUT2D eigenvalue weighted by molar-refractivity contribution is 9.10. The zero-order valence-electron chi connectivity index (χ0n) is 10.7. The van der Waals surface area contributed by atoms with Gasteiger partial charge in [-0.15, -0.1) is 0 Å². The van der Waals surface area contributed by atoms with Crippen LogP contribution in [0.2, 0.25) is 0 Å². The Morgan fingerprint density at radius 3 is 2.74 bits per heavy atom. The third-order valence-electron chi connectivity index (χ3n) is 3.01. The van der Waals surface area contributed by atoms with Gasteiger partial charge in [-0.05, 0) is 40.2 Å². The Labute approximate surface area is 119 Å². The summed E-state index contributed by atoms with van der Waals surface area (Å²) in [6.07, 6.45) is 5.67. The van der Waals surface area contributed by atoms with Crippen LogP contribution in [0.4, 0.5) is 5.69 Å². The van der Waals surface area contributed by atoms with Crippen molar-refractivity contribution in [3.63, 3.8) is 0 Å². The maximum atomic E-state index is 4.58. The predicted octanol–water partition coefficient (Wildman–Crippen LogP) is 3.22. The molecule has 96 valence electrons. The molecule has 3 heterocycles. The van der Waals surface area contributed by atoms with Crippen LogP contribution in [0, 0.1) is 0 Å². The monoisotopic (exact) mass is 316 g/mol. The minimum atomic E-state index is 0.844. The zero-order chi connectivity index (χ0) is 13.4. The highest BCUT2D eigenvalue weighted by Crippen LogP contribution is 2.27. The van der Waals surface area contributed by atoms with Crippen LogP contribution in [0.3, 0.4) is 0 Å². The number of aromatic nitrogens is 3. The van der Waals surface area contributed by atoms with Crippen LogP contribution in [0.1, 0.15) is 0 Å². The molecule has 19 heavy (non-hydrogen) atoms. The maximum absolute atomic E-state index is 4.58. The summed E-state index contributed by atoms with van der Waals surface area (Å²) in [5, 5.41) is 0. The van der Waals surface area contributed by atoms with E-state index >= 15 is 0 Å². The van der Waals surface area contributed by atoms with Gasteiger partial charge in [-0.25, -0.2) is 4.98 Å². The molecule has 4 nitrogen and oxygen atoms in total. The van der Waals surface area contributed by atoms with E-state index in [-0.39, 0.29) is 0 Å². The van der Waals surface area contributed by atoms with Crippen molar-refractivity contribution in [2.45, 2.75) is 0 Å². The fourth-order valence-corrected chi connectivity index (χ4v) is 2.49. The molecule has 0 N–H and O–H groups in total. The average molecular weight is 317 g/mol. The van der Waals surface area contributed by atoms with E-state index in [1.54, 1.807) is 6.20 Å². The van der Waals surface area contributed by atoms with Gasteiger partial charge in [-0.2, -0.15) is 0 Å². The molecule has 0 radical (unpaired) electrons. The molecule has 0 aromatic carbocycles. The second kappa shape index (κ2) is 4.66. The molecule has 0 atom stereocenters. The number of pyridine rings is 2. The minimum absolute atomic E-state index is 0.844. The van der Waals surface area contributed by atoms with Crippen molar-refractivity contribution in [1.29, 1.82) is 0 Å². The number of nitrogens with zero attached hydrogens (tertiary/aromatic N) is 4. The van der Waals surface area contributed by atoms with Crippen molar-refractivity contribution in [1.82, 2.24) is 14.4 Å². The van der Waals surface area contributed by atoms with Crippen LogP contribution in [-0.2, 0) is 0 Å². The normalized spacial score (nSPS) is 10.9. The first kappa shape index (κ1) is 12.2. The van der Waals surface area contributed by atoms with Crippen molar-refractivity contribution in [2.24, 2.45) is 0 Å². The summed E-state index contributed by atoms with van der Waals surface area (Å²) in [7, 11) is 4.05. The van der Waals surface area contributed by atoms with E-state index in [1.807, 2.05) is 32.4 Å². The molecule has 0 saturated heterocycles. The van der Waals surface area contributed by atoms with Crippen LogP contribution >= 0.6 is 15.9 Å². The fraction of sp³-hybridized carbons (Fsp3) is 0.143. The summed E-state index contributed by atoms with van der Waals surface area (Å²) >= 11 is 3.51. The van der Waals surface area contributed by atoms with E-state index in [4.69, 9.17) is 0 Å². The van der Waals surface area contributed by atoms with E-state index in [9.17, 15) is 0 Å². The quantitative estimate of drug-likeness (QED) is 0.728. The van der Waals surface area contributed by atoms with Crippen molar-refractivity contribution in [3.05, 3.63) is 47.5 Å². The van der Waals surface area contributed by atoms with Crippen molar-refractivity contribution in [2.75, 3.05) is 19.0 Å². The number of hydrogen-bond donors (Lipinski definition) is 0. The Bertz CT molecular complexity index is 719. The maximum Gasteiger partial charge on any atom is 0.147 e. The predicted molar refractivity (Wildman–Crippen MR) is 80.5 cm³/mol. The van der Waals surface area contributed by atoms with Gasteiger partial charge < -0.3 is 4.90 Å². The molecule has 3 aromatic heterocycles. The summed E-state index contributed by atoms with van der Waals surface area (Å²) in [6, 6.07) is 8.07. The molecule has 0 spiro atoms. The summed E-state index contributed by atoms with van der Waals surface area (Å²) in [5.74, 6) is 0.888. The Hall–Kier alpha value is -1.88. The fourth-order valence-electron chi connectivity index (χ4n) is 2.00. The minimum Gasteiger partial charge on any atom is -0.376 e. The lowest BCUT2D eigenvalue weighted by Gasteiger charge is -2.13. The van der Waals surface area contributed by atoms with Crippen molar-refractivity contribution >= 4 is 27.1 Å². The number of rotatable bonds is 2. The van der Waals surface area contributed by atoms with Gasteiger partial charge in [0.05, 0.1) is 11.2 Å². The molecule has 0 aliphatic rings. The van der Waals surface area contributed by atoms with Crippen molar-refractivity contribution in [3.8, 4) is 11.4 Å². The lowest BCUT2D eigenvalue weighted by molar-refractivity contribution is 1.08. The summed E-state index contributed by atoms with van der Waals surface area (Å²) in [4.78, 5) is 10.8. The summed E-state index contributed by atoms with van der Waals surface area (Å²) in [5.41, 5.74) is 3.17. The lowest BCUT2D eigenvalue weighted by atomic mass is 10.2. The Morgan fingerprint density at radius 2 is 2.05 bits per heavy atom. The Morgan fingerprint density at radius 1 is 1.21 bits per heavy atom. The van der Waals surface area contributed by atoms with Crippen LogP contribution < -0.4 is 4.90 Å². The largest absolute Gasteiger partial charge is 0.376 e. The van der Waals surface area contributed by atoms with Crippen LogP contribution in [-0.4, -0.2) is 28.5 Å². The molecular weight excluding hydrogens is 304 g/mol. The number of halogens is 1. The highest BCUT2D eigenvalue weighted by atomic mass is 79.9. The van der Waals surface area contributed by atoms with Gasteiger partial charge in [-0.3, -0.25) is 9.38 Å². The summed E-state index contributed by atoms with van der Waals surface area (Å²) < 4.78 is 2.92. The SMILES string of the molecule is CN(C)c1ccc2c(Br)nc(-c3cccnc3)n2c1. The molecule has 0 unspecified atom stereocenters. The number of anilines is 1. The molecule has 0 fully saturated rings. The Balaban J connectivity index is 2.27. The smallest absolute Gasteiger partial charge is 0.147 e. The molecule has 0 aliphatic heterocycles. The molecule has 0 aliphatic carbocycles. The van der Waals surface area contributed by atoms with Crippen LogP contribution in [0.15, 0.2) is 47.5 Å². The number of hydrogen-bond acceptors (Lipinski definition) is 3.